The van der Waals surface area contributed by atoms with Crippen molar-refractivity contribution in [1.29, 1.82) is 0 Å². The first-order chi connectivity index (χ1) is 9.83. The molecule has 0 radical (unpaired) electrons. The fraction of sp³-hybridized carbons (Fsp3) is 0.0769. The first kappa shape index (κ1) is 15.9. The van der Waals surface area contributed by atoms with E-state index in [9.17, 15) is 12.8 Å². The number of methoxy groups -OCH3 is 1. The van der Waals surface area contributed by atoms with Gasteiger partial charge < -0.3 is 4.74 Å². The van der Waals surface area contributed by atoms with Crippen molar-refractivity contribution in [3.8, 4) is 5.75 Å². The lowest BCUT2D eigenvalue weighted by atomic mass is 10.3. The fourth-order valence-corrected chi connectivity index (χ4v) is 3.11. The zero-order chi connectivity index (χ0) is 15.6. The van der Waals surface area contributed by atoms with Crippen molar-refractivity contribution >= 4 is 38.9 Å². The molecule has 0 saturated carbocycles. The van der Waals surface area contributed by atoms with Crippen LogP contribution in [0.1, 0.15) is 0 Å². The van der Waals surface area contributed by atoms with Gasteiger partial charge in [0.2, 0.25) is 0 Å². The molecule has 4 nitrogen and oxygen atoms in total. The Morgan fingerprint density at radius 1 is 1.10 bits per heavy atom. The Bertz CT molecular complexity index is 781. The molecular formula is C13H10Cl2FNO3S. The second kappa shape index (κ2) is 6.09. The van der Waals surface area contributed by atoms with Gasteiger partial charge in [-0.1, -0.05) is 23.2 Å². The summed E-state index contributed by atoms with van der Waals surface area (Å²) in [5, 5.41) is 0.414. The molecule has 0 atom stereocenters. The number of nitrogens with one attached hydrogen (secondary N) is 1. The number of anilines is 1. The summed E-state index contributed by atoms with van der Waals surface area (Å²) in [5.74, 6) is -0.687. The van der Waals surface area contributed by atoms with Gasteiger partial charge in [0.25, 0.3) is 10.0 Å². The summed E-state index contributed by atoms with van der Waals surface area (Å²) in [6, 6.07) is 7.70. The van der Waals surface area contributed by atoms with Crippen molar-refractivity contribution in [2.75, 3.05) is 11.8 Å². The molecule has 21 heavy (non-hydrogen) atoms. The quantitative estimate of drug-likeness (QED) is 0.909. The highest BCUT2D eigenvalue weighted by Gasteiger charge is 2.21. The molecule has 112 valence electrons. The van der Waals surface area contributed by atoms with E-state index >= 15 is 0 Å². The summed E-state index contributed by atoms with van der Waals surface area (Å²) < 4.78 is 45.5. The zero-order valence-corrected chi connectivity index (χ0v) is 13.1. The molecule has 0 aliphatic heterocycles. The molecule has 0 aliphatic carbocycles. The van der Waals surface area contributed by atoms with Crippen LogP contribution >= 0.6 is 23.2 Å². The van der Waals surface area contributed by atoms with Crippen molar-refractivity contribution < 1.29 is 17.5 Å². The van der Waals surface area contributed by atoms with Gasteiger partial charge >= 0.3 is 0 Å². The molecule has 0 aromatic heterocycles. The average molecular weight is 350 g/mol. The summed E-state index contributed by atoms with van der Waals surface area (Å²) in [7, 11) is -2.75. The normalized spacial score (nSPS) is 11.2. The first-order valence-corrected chi connectivity index (χ1v) is 7.89. The Morgan fingerprint density at radius 3 is 2.33 bits per heavy atom. The molecule has 2 aromatic rings. The van der Waals surface area contributed by atoms with Gasteiger partial charge in [0.15, 0.2) is 0 Å². The summed E-state index contributed by atoms with van der Waals surface area (Å²) in [4.78, 5) is -0.520. The van der Waals surface area contributed by atoms with Crippen LogP contribution in [0.4, 0.5) is 10.1 Å². The van der Waals surface area contributed by atoms with Crippen LogP contribution in [-0.4, -0.2) is 15.5 Å². The minimum atomic E-state index is -4.13. The Hall–Kier alpha value is -1.50. The van der Waals surface area contributed by atoms with E-state index in [0.717, 1.165) is 12.1 Å². The average Bonchev–Trinajstić information content (AvgIpc) is 2.37. The van der Waals surface area contributed by atoms with Crippen LogP contribution in [0, 0.1) is 5.82 Å². The summed E-state index contributed by atoms with van der Waals surface area (Å²) >= 11 is 11.4. The van der Waals surface area contributed by atoms with Crippen molar-refractivity contribution in [2.45, 2.75) is 4.90 Å². The lowest BCUT2D eigenvalue weighted by Gasteiger charge is -2.12. The summed E-state index contributed by atoms with van der Waals surface area (Å²) in [5.41, 5.74) is 0.111. The maximum Gasteiger partial charge on any atom is 0.264 e. The van der Waals surface area contributed by atoms with Crippen LogP contribution < -0.4 is 9.46 Å². The SMILES string of the molecule is COc1ccc(Cl)cc1NS(=O)(=O)c1ccc(Cl)cc1F. The molecule has 0 bridgehead atoms. The first-order valence-electron chi connectivity index (χ1n) is 5.65. The van der Waals surface area contributed by atoms with E-state index in [1.54, 1.807) is 6.07 Å². The van der Waals surface area contributed by atoms with E-state index in [0.29, 0.717) is 5.02 Å². The molecule has 1 N–H and O–H groups in total. The van der Waals surface area contributed by atoms with Gasteiger partial charge in [0.05, 0.1) is 12.8 Å². The monoisotopic (exact) mass is 349 g/mol. The number of benzene rings is 2. The van der Waals surface area contributed by atoms with Gasteiger partial charge in [-0.05, 0) is 36.4 Å². The maximum absolute atomic E-state index is 13.7. The second-order valence-electron chi connectivity index (χ2n) is 4.02. The van der Waals surface area contributed by atoms with Gasteiger partial charge in [0.1, 0.15) is 16.5 Å². The number of halogens is 3. The van der Waals surface area contributed by atoms with E-state index < -0.39 is 20.7 Å². The number of sulfonamides is 1. The van der Waals surface area contributed by atoms with Crippen LogP contribution in [0.2, 0.25) is 10.0 Å². The molecule has 0 unspecified atom stereocenters. The van der Waals surface area contributed by atoms with Crippen LogP contribution in [-0.2, 0) is 10.0 Å². The highest BCUT2D eigenvalue weighted by molar-refractivity contribution is 7.92. The molecule has 2 aromatic carbocycles. The van der Waals surface area contributed by atoms with E-state index in [4.69, 9.17) is 27.9 Å². The van der Waals surface area contributed by atoms with Crippen molar-refractivity contribution in [3.63, 3.8) is 0 Å². The Labute approximate surface area is 131 Å². The predicted molar refractivity (Wildman–Crippen MR) is 80.2 cm³/mol. The van der Waals surface area contributed by atoms with Crippen molar-refractivity contribution in [1.82, 2.24) is 0 Å². The minimum Gasteiger partial charge on any atom is -0.495 e. The molecule has 8 heteroatoms. The van der Waals surface area contributed by atoms with Gasteiger partial charge in [-0.25, -0.2) is 12.8 Å². The number of hydrogen-bond donors (Lipinski definition) is 1. The molecular weight excluding hydrogens is 340 g/mol. The number of ether oxygens (including phenoxy) is 1. The third kappa shape index (κ3) is 3.58. The lowest BCUT2D eigenvalue weighted by Crippen LogP contribution is -2.15. The lowest BCUT2D eigenvalue weighted by molar-refractivity contribution is 0.417. The largest absolute Gasteiger partial charge is 0.495 e. The predicted octanol–water partition coefficient (Wildman–Crippen LogP) is 3.94. The van der Waals surface area contributed by atoms with E-state index in [2.05, 4.69) is 4.72 Å². The highest BCUT2D eigenvalue weighted by atomic mass is 35.5. The Balaban J connectivity index is 2.44. The molecule has 0 spiro atoms. The second-order valence-corrected chi connectivity index (χ2v) is 6.55. The molecule has 0 aliphatic rings. The van der Waals surface area contributed by atoms with Gasteiger partial charge in [-0.3, -0.25) is 4.72 Å². The molecule has 2 rings (SSSR count). The van der Waals surface area contributed by atoms with Gasteiger partial charge in [-0.2, -0.15) is 0 Å². The standard InChI is InChI=1S/C13H10Cl2FNO3S/c1-20-12-4-2-9(15)7-11(12)17-21(18,19)13-5-3-8(14)6-10(13)16/h2-7,17H,1H3. The van der Waals surface area contributed by atoms with Crippen LogP contribution in [0.5, 0.6) is 5.75 Å². The molecule has 0 amide bonds. The summed E-state index contributed by atoms with van der Waals surface area (Å²) in [6.45, 7) is 0. The zero-order valence-electron chi connectivity index (χ0n) is 10.7. The maximum atomic E-state index is 13.7. The highest BCUT2D eigenvalue weighted by Crippen LogP contribution is 2.30. The fourth-order valence-electron chi connectivity index (χ4n) is 1.65. The number of hydrogen-bond acceptors (Lipinski definition) is 3. The van der Waals surface area contributed by atoms with Gasteiger partial charge in [-0.15, -0.1) is 0 Å². The Kier molecular flexibility index (Phi) is 4.61. The number of rotatable bonds is 4. The van der Waals surface area contributed by atoms with Crippen LogP contribution in [0.15, 0.2) is 41.3 Å². The van der Waals surface area contributed by atoms with Crippen molar-refractivity contribution in [3.05, 3.63) is 52.3 Å². The third-order valence-corrected chi connectivity index (χ3v) is 4.46. The summed E-state index contributed by atoms with van der Waals surface area (Å²) in [6.07, 6.45) is 0. The smallest absolute Gasteiger partial charge is 0.264 e. The van der Waals surface area contributed by atoms with E-state index in [1.807, 2.05) is 0 Å². The van der Waals surface area contributed by atoms with E-state index in [1.165, 1.54) is 25.3 Å². The minimum absolute atomic E-state index is 0.104. The van der Waals surface area contributed by atoms with Crippen LogP contribution in [0.25, 0.3) is 0 Å². The van der Waals surface area contributed by atoms with Crippen molar-refractivity contribution in [2.24, 2.45) is 0 Å². The molecule has 0 fully saturated rings. The topological polar surface area (TPSA) is 55.4 Å². The third-order valence-electron chi connectivity index (χ3n) is 2.59. The molecule has 0 saturated heterocycles. The van der Waals surface area contributed by atoms with E-state index in [-0.39, 0.29) is 16.5 Å². The van der Waals surface area contributed by atoms with Gasteiger partial charge in [0, 0.05) is 10.0 Å². The Morgan fingerprint density at radius 2 is 1.71 bits per heavy atom. The van der Waals surface area contributed by atoms with Crippen LogP contribution in [0.3, 0.4) is 0 Å². The molecule has 0 heterocycles.